The van der Waals surface area contributed by atoms with Crippen LogP contribution in [0.1, 0.15) is 0 Å². The number of nitro benzene ring substituents is 1. The molecule has 8 nitrogen and oxygen atoms in total. The summed E-state index contributed by atoms with van der Waals surface area (Å²) in [4.78, 5) is 11.0. The summed E-state index contributed by atoms with van der Waals surface area (Å²) < 4.78 is 24.7. The molecule has 0 unspecified atom stereocenters. The summed E-state index contributed by atoms with van der Waals surface area (Å²) in [5.74, 6) is 0. The van der Waals surface area contributed by atoms with Gasteiger partial charge >= 0.3 is 0 Å². The number of hydrogen-bond donors (Lipinski definition) is 1. The minimum atomic E-state index is -3.84. The minimum absolute atomic E-state index is 0.0321. The van der Waals surface area contributed by atoms with E-state index >= 15 is 0 Å². The van der Waals surface area contributed by atoms with Gasteiger partial charge in [0.2, 0.25) is 10.0 Å². The van der Waals surface area contributed by atoms with Gasteiger partial charge in [0.25, 0.3) is 5.69 Å². The van der Waals surface area contributed by atoms with Crippen molar-refractivity contribution in [2.45, 2.75) is 4.90 Å². The maximum atomic E-state index is 11.6. The summed E-state index contributed by atoms with van der Waals surface area (Å²) in [6.45, 7) is 0. The van der Waals surface area contributed by atoms with Crippen molar-refractivity contribution in [3.63, 3.8) is 0 Å². The predicted octanol–water partition coefficient (Wildman–Crippen LogP) is 4.42. The summed E-state index contributed by atoms with van der Waals surface area (Å²) in [7, 11) is -3.84. The third-order valence-electron chi connectivity index (χ3n) is 4.64. The summed E-state index contributed by atoms with van der Waals surface area (Å²) in [6, 6.07) is 21.0. The normalized spacial score (nSPS) is 11.4. The van der Waals surface area contributed by atoms with Gasteiger partial charge in [-0.3, -0.25) is 10.1 Å². The summed E-state index contributed by atoms with van der Waals surface area (Å²) >= 11 is 6.01. The number of rotatable bonds is 5. The molecule has 0 amide bonds. The number of halogens is 1. The Labute approximate surface area is 182 Å². The van der Waals surface area contributed by atoms with Crippen molar-refractivity contribution in [3.8, 4) is 28.2 Å². The van der Waals surface area contributed by atoms with Crippen LogP contribution in [0.2, 0.25) is 5.02 Å². The van der Waals surface area contributed by atoms with Gasteiger partial charge in [-0.2, -0.15) is 5.10 Å². The fourth-order valence-corrected chi connectivity index (χ4v) is 3.80. The number of primary sulfonamides is 1. The molecule has 1 aromatic heterocycles. The van der Waals surface area contributed by atoms with Crippen molar-refractivity contribution < 1.29 is 13.3 Å². The molecule has 0 bridgehead atoms. The first kappa shape index (κ1) is 20.7. The maximum absolute atomic E-state index is 11.6. The van der Waals surface area contributed by atoms with Crippen molar-refractivity contribution >= 4 is 27.3 Å². The fraction of sp³-hybridized carbons (Fsp3) is 0. The molecule has 4 aromatic rings. The SMILES string of the molecule is NS(=O)(=O)c1ccc(-n2nc(-c3ccccc3[N+](=O)[O-])cc2-c2ccc(Cl)cc2)cc1. The van der Waals surface area contributed by atoms with Crippen LogP contribution in [0.15, 0.2) is 83.8 Å². The van der Waals surface area contributed by atoms with Gasteiger partial charge in [-0.25, -0.2) is 18.2 Å². The Hall–Kier alpha value is -3.53. The first-order valence-corrected chi connectivity index (χ1v) is 10.9. The molecule has 0 aliphatic rings. The molecule has 0 aliphatic heterocycles. The number of benzene rings is 3. The Morgan fingerprint density at radius 2 is 1.61 bits per heavy atom. The van der Waals surface area contributed by atoms with E-state index in [-0.39, 0.29) is 10.6 Å². The number of nitro groups is 1. The zero-order valence-corrected chi connectivity index (χ0v) is 17.4. The zero-order valence-electron chi connectivity index (χ0n) is 15.8. The Kier molecular flexibility index (Phi) is 5.32. The molecule has 0 saturated carbocycles. The topological polar surface area (TPSA) is 121 Å². The largest absolute Gasteiger partial charge is 0.278 e. The molecule has 0 aliphatic carbocycles. The van der Waals surface area contributed by atoms with Crippen LogP contribution in [0.3, 0.4) is 0 Å². The van der Waals surface area contributed by atoms with Crippen LogP contribution in [-0.2, 0) is 10.0 Å². The second-order valence-corrected chi connectivity index (χ2v) is 8.64. The van der Waals surface area contributed by atoms with Gasteiger partial charge in [0, 0.05) is 16.7 Å². The first-order valence-electron chi connectivity index (χ1n) is 8.97. The molecule has 0 spiro atoms. The summed E-state index contributed by atoms with van der Waals surface area (Å²) in [5.41, 5.74) is 2.67. The van der Waals surface area contributed by atoms with Crippen molar-refractivity contribution in [1.29, 1.82) is 0 Å². The number of aromatic nitrogens is 2. The quantitative estimate of drug-likeness (QED) is 0.353. The van der Waals surface area contributed by atoms with Crippen LogP contribution in [-0.4, -0.2) is 23.1 Å². The van der Waals surface area contributed by atoms with Crippen LogP contribution in [0, 0.1) is 10.1 Å². The Bertz CT molecular complexity index is 1380. The lowest BCUT2D eigenvalue weighted by molar-refractivity contribution is -0.384. The van der Waals surface area contributed by atoms with E-state index < -0.39 is 14.9 Å². The molecular formula is C21H15ClN4O4S. The molecule has 31 heavy (non-hydrogen) atoms. The van der Waals surface area contributed by atoms with Crippen molar-refractivity contribution in [2.24, 2.45) is 5.14 Å². The van der Waals surface area contributed by atoms with Crippen LogP contribution in [0.25, 0.3) is 28.2 Å². The van der Waals surface area contributed by atoms with Crippen molar-refractivity contribution in [1.82, 2.24) is 9.78 Å². The smallest absolute Gasteiger partial charge is 0.258 e. The minimum Gasteiger partial charge on any atom is -0.258 e. The van der Waals surface area contributed by atoms with Gasteiger partial charge in [0.05, 0.1) is 26.8 Å². The highest BCUT2D eigenvalue weighted by molar-refractivity contribution is 7.89. The van der Waals surface area contributed by atoms with Crippen LogP contribution >= 0.6 is 11.6 Å². The van der Waals surface area contributed by atoms with Crippen LogP contribution in [0.5, 0.6) is 0 Å². The molecule has 0 atom stereocenters. The molecule has 0 fully saturated rings. The molecule has 156 valence electrons. The van der Waals surface area contributed by atoms with E-state index in [1.807, 2.05) is 0 Å². The highest BCUT2D eigenvalue weighted by atomic mass is 35.5. The van der Waals surface area contributed by atoms with Gasteiger partial charge in [-0.05, 0) is 48.5 Å². The van der Waals surface area contributed by atoms with E-state index in [9.17, 15) is 18.5 Å². The Morgan fingerprint density at radius 3 is 2.23 bits per heavy atom. The standard InChI is InChI=1S/C21H15ClN4O4S/c22-15-7-5-14(6-8-15)21-13-19(18-3-1-2-4-20(18)26(27)28)24-25(21)16-9-11-17(12-10-16)31(23,29)30/h1-13H,(H2,23,29,30). The molecule has 0 saturated heterocycles. The molecule has 1 heterocycles. The van der Waals surface area contributed by atoms with Crippen molar-refractivity contribution in [3.05, 3.63) is 94.0 Å². The number of sulfonamides is 1. The predicted molar refractivity (Wildman–Crippen MR) is 117 cm³/mol. The number of para-hydroxylation sites is 1. The lowest BCUT2D eigenvalue weighted by atomic mass is 10.1. The van der Waals surface area contributed by atoms with Gasteiger partial charge in [0.15, 0.2) is 0 Å². The number of hydrogen-bond acceptors (Lipinski definition) is 5. The van der Waals surface area contributed by atoms with Crippen LogP contribution in [0.4, 0.5) is 5.69 Å². The maximum Gasteiger partial charge on any atom is 0.278 e. The first-order chi connectivity index (χ1) is 14.7. The third kappa shape index (κ3) is 4.19. The van der Waals surface area contributed by atoms with E-state index in [0.717, 1.165) is 5.56 Å². The van der Waals surface area contributed by atoms with E-state index in [4.69, 9.17) is 16.7 Å². The third-order valence-corrected chi connectivity index (χ3v) is 5.82. The second-order valence-electron chi connectivity index (χ2n) is 6.65. The highest BCUT2D eigenvalue weighted by Gasteiger charge is 2.20. The molecule has 2 N–H and O–H groups in total. The van der Waals surface area contributed by atoms with E-state index in [1.54, 1.807) is 65.3 Å². The lowest BCUT2D eigenvalue weighted by Crippen LogP contribution is -2.12. The lowest BCUT2D eigenvalue weighted by Gasteiger charge is -2.08. The molecular weight excluding hydrogens is 440 g/mol. The zero-order chi connectivity index (χ0) is 22.2. The summed E-state index contributed by atoms with van der Waals surface area (Å²) in [5, 5.41) is 21.8. The Balaban J connectivity index is 1.92. The van der Waals surface area contributed by atoms with Crippen molar-refractivity contribution in [2.75, 3.05) is 0 Å². The molecule has 10 heteroatoms. The van der Waals surface area contributed by atoms with E-state index in [1.165, 1.54) is 18.2 Å². The van der Waals surface area contributed by atoms with Crippen LogP contribution < -0.4 is 5.14 Å². The van der Waals surface area contributed by atoms with Gasteiger partial charge < -0.3 is 0 Å². The van der Waals surface area contributed by atoms with Gasteiger partial charge in [0.1, 0.15) is 5.69 Å². The van der Waals surface area contributed by atoms with E-state index in [0.29, 0.717) is 27.7 Å². The average Bonchev–Trinajstić information content (AvgIpc) is 3.19. The molecule has 3 aromatic carbocycles. The number of nitrogens with zero attached hydrogens (tertiary/aromatic N) is 3. The monoisotopic (exact) mass is 454 g/mol. The number of nitrogens with two attached hydrogens (primary N) is 1. The van der Waals surface area contributed by atoms with E-state index in [2.05, 4.69) is 5.10 Å². The highest BCUT2D eigenvalue weighted by Crippen LogP contribution is 2.33. The average molecular weight is 455 g/mol. The second kappa shape index (κ2) is 7.95. The molecule has 0 radical (unpaired) electrons. The molecule has 4 rings (SSSR count). The summed E-state index contributed by atoms with van der Waals surface area (Å²) in [6.07, 6.45) is 0. The van der Waals surface area contributed by atoms with Gasteiger partial charge in [-0.1, -0.05) is 35.9 Å². The Morgan fingerprint density at radius 1 is 0.968 bits per heavy atom. The fourth-order valence-electron chi connectivity index (χ4n) is 3.16. The van der Waals surface area contributed by atoms with Gasteiger partial charge in [-0.15, -0.1) is 0 Å².